The SMILES string of the molecule is CC(C)C[C@H](NCN)C(=O)C[C@@H](CCCCNC(=O)c1cccc(CN=[N+]=[N-])c1)C(N)=O. The molecule has 0 heterocycles. The maximum absolute atomic E-state index is 12.6. The number of ketones is 1. The van der Waals surface area contributed by atoms with Gasteiger partial charge in [-0.1, -0.05) is 37.5 Å². The summed E-state index contributed by atoms with van der Waals surface area (Å²) in [6, 6.07) is 6.51. The number of benzene rings is 1. The summed E-state index contributed by atoms with van der Waals surface area (Å²) in [6.07, 6.45) is 2.52. The number of nitrogens with one attached hydrogen (secondary N) is 2. The molecule has 0 saturated heterocycles. The van der Waals surface area contributed by atoms with Gasteiger partial charge in [0.05, 0.1) is 12.6 Å². The highest BCUT2D eigenvalue weighted by Gasteiger charge is 2.25. The maximum atomic E-state index is 12.6. The highest BCUT2D eigenvalue weighted by atomic mass is 16.2. The van der Waals surface area contributed by atoms with Gasteiger partial charge in [0, 0.05) is 36.0 Å². The molecule has 0 radical (unpaired) electrons. The molecule has 0 aliphatic heterocycles. The van der Waals surface area contributed by atoms with Crippen LogP contribution >= 0.6 is 0 Å². The Morgan fingerprint density at radius 1 is 1.22 bits per heavy atom. The van der Waals surface area contributed by atoms with Crippen LogP contribution in [0.2, 0.25) is 0 Å². The van der Waals surface area contributed by atoms with Gasteiger partial charge in [-0.3, -0.25) is 19.7 Å². The predicted octanol–water partition coefficient (Wildman–Crippen LogP) is 2.38. The van der Waals surface area contributed by atoms with Crippen LogP contribution in [0.25, 0.3) is 10.4 Å². The van der Waals surface area contributed by atoms with Gasteiger partial charge in [-0.2, -0.15) is 0 Å². The molecular weight excluding hydrogens is 410 g/mol. The number of hydrogen-bond donors (Lipinski definition) is 4. The number of unbranched alkanes of at least 4 members (excludes halogenated alkanes) is 1. The topological polar surface area (TPSA) is 176 Å². The smallest absolute Gasteiger partial charge is 0.251 e. The number of azide groups is 1. The Hall–Kier alpha value is -2.94. The fourth-order valence-electron chi connectivity index (χ4n) is 3.42. The third-order valence-corrected chi connectivity index (χ3v) is 5.08. The van der Waals surface area contributed by atoms with Crippen LogP contribution < -0.4 is 22.1 Å². The van der Waals surface area contributed by atoms with E-state index in [-0.39, 0.29) is 37.4 Å². The van der Waals surface area contributed by atoms with Crippen molar-refractivity contribution in [1.29, 1.82) is 0 Å². The fraction of sp³-hybridized carbons (Fsp3) is 0.591. The number of Topliss-reactive ketones (excluding diaryl/α,β-unsaturated/α-hetero) is 1. The van der Waals surface area contributed by atoms with Crippen molar-refractivity contribution in [1.82, 2.24) is 10.6 Å². The quantitative estimate of drug-likeness (QED) is 0.100. The van der Waals surface area contributed by atoms with E-state index in [4.69, 9.17) is 17.0 Å². The summed E-state index contributed by atoms with van der Waals surface area (Å²) < 4.78 is 0. The first-order valence-corrected chi connectivity index (χ1v) is 10.9. The predicted molar refractivity (Wildman–Crippen MR) is 123 cm³/mol. The molecule has 6 N–H and O–H groups in total. The van der Waals surface area contributed by atoms with Crippen LogP contribution in [0.5, 0.6) is 0 Å². The second kappa shape index (κ2) is 15.0. The van der Waals surface area contributed by atoms with Gasteiger partial charge in [-0.25, -0.2) is 0 Å². The Balaban J connectivity index is 2.47. The van der Waals surface area contributed by atoms with Crippen molar-refractivity contribution < 1.29 is 14.4 Å². The van der Waals surface area contributed by atoms with Gasteiger partial charge in [0.15, 0.2) is 5.78 Å². The molecule has 32 heavy (non-hydrogen) atoms. The first-order chi connectivity index (χ1) is 15.3. The van der Waals surface area contributed by atoms with E-state index in [0.717, 1.165) is 5.56 Å². The molecule has 10 heteroatoms. The van der Waals surface area contributed by atoms with Gasteiger partial charge < -0.3 is 16.8 Å². The van der Waals surface area contributed by atoms with Gasteiger partial charge in [0.1, 0.15) is 0 Å². The van der Waals surface area contributed by atoms with Crippen LogP contribution in [0, 0.1) is 11.8 Å². The van der Waals surface area contributed by atoms with E-state index in [1.807, 2.05) is 13.8 Å². The van der Waals surface area contributed by atoms with Gasteiger partial charge in [0.25, 0.3) is 5.91 Å². The zero-order valence-corrected chi connectivity index (χ0v) is 18.9. The zero-order valence-electron chi connectivity index (χ0n) is 18.9. The molecule has 0 saturated carbocycles. The number of rotatable bonds is 16. The third kappa shape index (κ3) is 10.4. The molecule has 0 bridgehead atoms. The van der Waals surface area contributed by atoms with E-state index in [1.165, 1.54) is 0 Å². The Morgan fingerprint density at radius 2 is 1.97 bits per heavy atom. The largest absolute Gasteiger partial charge is 0.369 e. The Bertz CT molecular complexity index is 806. The summed E-state index contributed by atoms with van der Waals surface area (Å²) in [5, 5.41) is 9.31. The molecule has 1 rings (SSSR count). The lowest BCUT2D eigenvalue weighted by molar-refractivity contribution is -0.128. The van der Waals surface area contributed by atoms with E-state index in [1.54, 1.807) is 24.3 Å². The van der Waals surface area contributed by atoms with E-state index in [9.17, 15) is 14.4 Å². The van der Waals surface area contributed by atoms with Crippen LogP contribution in [-0.2, 0) is 16.1 Å². The number of carbonyl (C=O) groups excluding carboxylic acids is 3. The number of hydrogen-bond acceptors (Lipinski definition) is 6. The minimum Gasteiger partial charge on any atom is -0.369 e. The van der Waals surface area contributed by atoms with Crippen molar-refractivity contribution >= 4 is 17.6 Å². The van der Waals surface area contributed by atoms with Crippen LogP contribution in [0.1, 0.15) is 61.9 Å². The van der Waals surface area contributed by atoms with E-state index in [0.29, 0.717) is 43.7 Å². The number of nitrogens with zero attached hydrogens (tertiary/aromatic N) is 3. The Morgan fingerprint density at radius 3 is 2.59 bits per heavy atom. The average Bonchev–Trinajstić information content (AvgIpc) is 2.75. The second-order valence-electron chi connectivity index (χ2n) is 8.20. The Labute approximate surface area is 189 Å². The number of amides is 2. The lowest BCUT2D eigenvalue weighted by Gasteiger charge is -2.21. The van der Waals surface area contributed by atoms with Crippen molar-refractivity contribution in [3.05, 3.63) is 45.8 Å². The molecule has 1 aromatic rings. The molecule has 0 aliphatic carbocycles. The van der Waals surface area contributed by atoms with E-state index >= 15 is 0 Å². The second-order valence-corrected chi connectivity index (χ2v) is 8.20. The average molecular weight is 446 g/mol. The molecule has 0 aromatic heterocycles. The van der Waals surface area contributed by atoms with Gasteiger partial charge in [-0.15, -0.1) is 0 Å². The molecule has 0 aliphatic rings. The molecule has 2 amide bonds. The standard InChI is InChI=1S/C22H35N7O3/c1-15(2)10-19(27-14-23)20(30)12-17(21(24)31)7-3-4-9-26-22(32)18-8-5-6-16(11-18)13-28-29-25/h5-6,8,11,15,17,19,27H,3-4,7,9-10,12-14,23H2,1-2H3,(H2,24,31)(H,26,32)/t17-,19+/m1/s1. The zero-order chi connectivity index (χ0) is 23.9. The summed E-state index contributed by atoms with van der Waals surface area (Å²) in [5.41, 5.74) is 20.7. The lowest BCUT2D eigenvalue weighted by Crippen LogP contribution is -2.42. The molecule has 1 aromatic carbocycles. The molecule has 0 fully saturated rings. The van der Waals surface area contributed by atoms with Crippen molar-refractivity contribution in [2.45, 2.75) is 58.5 Å². The number of carbonyl (C=O) groups is 3. The molecule has 0 unspecified atom stereocenters. The normalized spacial score (nSPS) is 12.6. The van der Waals surface area contributed by atoms with Crippen molar-refractivity contribution in [2.75, 3.05) is 13.2 Å². The van der Waals surface area contributed by atoms with Gasteiger partial charge in [-0.05, 0) is 48.4 Å². The highest BCUT2D eigenvalue weighted by Crippen LogP contribution is 2.16. The number of nitrogens with two attached hydrogens (primary N) is 2. The Kier molecular flexibility index (Phi) is 12.7. The molecule has 176 valence electrons. The molecule has 10 nitrogen and oxygen atoms in total. The van der Waals surface area contributed by atoms with Gasteiger partial charge in [0.2, 0.25) is 5.91 Å². The molecular formula is C22H35N7O3. The minimum absolute atomic E-state index is 0.0538. The van der Waals surface area contributed by atoms with E-state index < -0.39 is 11.8 Å². The summed E-state index contributed by atoms with van der Waals surface area (Å²) in [5.74, 6) is -0.987. The van der Waals surface area contributed by atoms with Crippen LogP contribution in [0.4, 0.5) is 0 Å². The lowest BCUT2D eigenvalue weighted by atomic mass is 9.90. The summed E-state index contributed by atoms with van der Waals surface area (Å²) in [6.45, 7) is 4.86. The van der Waals surface area contributed by atoms with Crippen LogP contribution in [-0.4, -0.2) is 36.9 Å². The third-order valence-electron chi connectivity index (χ3n) is 5.08. The van der Waals surface area contributed by atoms with Gasteiger partial charge >= 0.3 is 0 Å². The monoisotopic (exact) mass is 445 g/mol. The summed E-state index contributed by atoms with van der Waals surface area (Å²) in [4.78, 5) is 39.4. The summed E-state index contributed by atoms with van der Waals surface area (Å²) >= 11 is 0. The first-order valence-electron chi connectivity index (χ1n) is 10.9. The molecule has 2 atom stereocenters. The van der Waals surface area contributed by atoms with Crippen molar-refractivity contribution in [3.8, 4) is 0 Å². The molecule has 0 spiro atoms. The number of primary amides is 1. The van der Waals surface area contributed by atoms with Crippen molar-refractivity contribution in [3.63, 3.8) is 0 Å². The maximum Gasteiger partial charge on any atom is 0.251 e. The highest BCUT2D eigenvalue weighted by molar-refractivity contribution is 5.94. The fourth-order valence-corrected chi connectivity index (χ4v) is 3.42. The summed E-state index contributed by atoms with van der Waals surface area (Å²) in [7, 11) is 0. The van der Waals surface area contributed by atoms with Crippen LogP contribution in [0.3, 0.4) is 0 Å². The van der Waals surface area contributed by atoms with Crippen molar-refractivity contribution in [2.24, 2.45) is 28.4 Å². The first kappa shape index (κ1) is 27.1. The minimum atomic E-state index is -0.537. The van der Waals surface area contributed by atoms with Crippen LogP contribution in [0.15, 0.2) is 29.4 Å². The van der Waals surface area contributed by atoms with E-state index in [2.05, 4.69) is 20.7 Å².